The van der Waals surface area contributed by atoms with E-state index < -0.39 is 11.5 Å². The lowest BCUT2D eigenvalue weighted by molar-refractivity contribution is -0.148. The van der Waals surface area contributed by atoms with Gasteiger partial charge in [-0.2, -0.15) is 5.10 Å². The Labute approximate surface area is 124 Å². The van der Waals surface area contributed by atoms with Gasteiger partial charge in [0.1, 0.15) is 5.54 Å². The highest BCUT2D eigenvalue weighted by molar-refractivity contribution is 5.87. The molecule has 21 heavy (non-hydrogen) atoms. The van der Waals surface area contributed by atoms with Crippen LogP contribution in [0.25, 0.3) is 0 Å². The molecular weight excluding hydrogens is 272 g/mol. The molecule has 0 radical (unpaired) electrons. The van der Waals surface area contributed by atoms with Crippen LogP contribution in [-0.2, 0) is 18.4 Å². The van der Waals surface area contributed by atoms with Crippen molar-refractivity contribution in [2.45, 2.75) is 38.3 Å². The monoisotopic (exact) mass is 294 g/mol. The highest BCUT2D eigenvalue weighted by Gasteiger charge is 2.49. The molecule has 1 N–H and O–H groups in total. The Morgan fingerprint density at radius 2 is 2.24 bits per heavy atom. The van der Waals surface area contributed by atoms with Crippen molar-refractivity contribution >= 4 is 12.0 Å². The van der Waals surface area contributed by atoms with Gasteiger partial charge in [-0.1, -0.05) is 6.92 Å². The van der Waals surface area contributed by atoms with Crippen LogP contribution in [0.5, 0.6) is 0 Å². The predicted molar refractivity (Wildman–Crippen MR) is 76.7 cm³/mol. The summed E-state index contributed by atoms with van der Waals surface area (Å²) in [5.74, 6) is -0.911. The Balaban J connectivity index is 2.12. The van der Waals surface area contributed by atoms with Gasteiger partial charge in [-0.25, -0.2) is 9.59 Å². The molecule has 1 aliphatic heterocycles. The summed E-state index contributed by atoms with van der Waals surface area (Å²) in [6, 6.07) is -0.236. The molecule has 1 aromatic rings. The van der Waals surface area contributed by atoms with Crippen molar-refractivity contribution in [2.24, 2.45) is 7.05 Å². The summed E-state index contributed by atoms with van der Waals surface area (Å²) in [6.45, 7) is 2.74. The highest BCUT2D eigenvalue weighted by Crippen LogP contribution is 2.33. The summed E-state index contributed by atoms with van der Waals surface area (Å²) >= 11 is 0. The molecule has 7 nitrogen and oxygen atoms in total. The van der Waals surface area contributed by atoms with Gasteiger partial charge < -0.3 is 14.9 Å². The van der Waals surface area contributed by atoms with Gasteiger partial charge >= 0.3 is 12.0 Å². The number of rotatable bonds is 4. The van der Waals surface area contributed by atoms with Gasteiger partial charge in [0.05, 0.1) is 12.7 Å². The van der Waals surface area contributed by atoms with Crippen LogP contribution in [0.4, 0.5) is 4.79 Å². The number of nitrogens with zero attached hydrogens (tertiary/aromatic N) is 4. The average Bonchev–Trinajstić information content (AvgIpc) is 3.04. The number of aromatic nitrogens is 2. The Morgan fingerprint density at radius 1 is 1.52 bits per heavy atom. The molecule has 7 heteroatoms. The number of amides is 2. The van der Waals surface area contributed by atoms with E-state index in [-0.39, 0.29) is 6.03 Å². The van der Waals surface area contributed by atoms with Crippen LogP contribution in [0.15, 0.2) is 12.4 Å². The zero-order chi connectivity index (χ0) is 15.6. The molecule has 1 fully saturated rings. The summed E-state index contributed by atoms with van der Waals surface area (Å²) in [7, 11) is 3.51. The SMILES string of the molecule is CCC1(C(=O)O)CCCN1C(=O)N(C)Cc1cnn(C)c1. The van der Waals surface area contributed by atoms with Crippen molar-refractivity contribution in [1.29, 1.82) is 0 Å². The molecule has 2 amide bonds. The van der Waals surface area contributed by atoms with Gasteiger partial charge in [0.25, 0.3) is 0 Å². The third-order valence-electron chi connectivity index (χ3n) is 4.21. The summed E-state index contributed by atoms with van der Waals surface area (Å²) < 4.78 is 1.68. The molecule has 1 saturated heterocycles. The average molecular weight is 294 g/mol. The zero-order valence-corrected chi connectivity index (χ0v) is 12.7. The first-order valence-corrected chi connectivity index (χ1v) is 7.14. The molecule has 1 aromatic heterocycles. The van der Waals surface area contributed by atoms with E-state index in [9.17, 15) is 14.7 Å². The largest absolute Gasteiger partial charge is 0.479 e. The molecule has 1 aliphatic rings. The number of carbonyl (C=O) groups excluding carboxylic acids is 1. The number of aryl methyl sites for hydroxylation is 1. The number of carboxylic acid groups (broad SMARTS) is 1. The zero-order valence-electron chi connectivity index (χ0n) is 12.7. The number of urea groups is 1. The van der Waals surface area contributed by atoms with E-state index in [0.717, 1.165) is 12.0 Å². The van der Waals surface area contributed by atoms with Crippen LogP contribution in [0.2, 0.25) is 0 Å². The minimum atomic E-state index is -1.06. The maximum Gasteiger partial charge on any atom is 0.329 e. The van der Waals surface area contributed by atoms with Crippen LogP contribution < -0.4 is 0 Å². The van der Waals surface area contributed by atoms with E-state index in [1.165, 1.54) is 4.90 Å². The molecule has 116 valence electrons. The second-order valence-corrected chi connectivity index (χ2v) is 5.61. The van der Waals surface area contributed by atoms with Crippen molar-refractivity contribution in [2.75, 3.05) is 13.6 Å². The third kappa shape index (κ3) is 2.72. The van der Waals surface area contributed by atoms with Gasteiger partial charge in [-0.3, -0.25) is 4.68 Å². The van der Waals surface area contributed by atoms with Crippen molar-refractivity contribution < 1.29 is 14.7 Å². The first-order chi connectivity index (χ1) is 9.90. The first-order valence-electron chi connectivity index (χ1n) is 7.14. The lowest BCUT2D eigenvalue weighted by atomic mass is 9.93. The number of hydrogen-bond acceptors (Lipinski definition) is 3. The van der Waals surface area contributed by atoms with Crippen molar-refractivity contribution in [3.8, 4) is 0 Å². The molecule has 0 spiro atoms. The normalized spacial score (nSPS) is 21.6. The van der Waals surface area contributed by atoms with Gasteiger partial charge in [-0.15, -0.1) is 0 Å². The summed E-state index contributed by atoms with van der Waals surface area (Å²) in [4.78, 5) is 27.3. The van der Waals surface area contributed by atoms with Crippen LogP contribution in [0.3, 0.4) is 0 Å². The molecule has 0 saturated carbocycles. The molecule has 1 unspecified atom stereocenters. The number of carbonyl (C=O) groups is 2. The fourth-order valence-corrected chi connectivity index (χ4v) is 3.00. The topological polar surface area (TPSA) is 78.7 Å². The fraction of sp³-hybridized carbons (Fsp3) is 0.643. The lowest BCUT2D eigenvalue weighted by Crippen LogP contribution is -2.55. The molecule has 2 rings (SSSR count). The van der Waals surface area contributed by atoms with E-state index in [1.54, 1.807) is 22.8 Å². The van der Waals surface area contributed by atoms with Crippen LogP contribution in [0.1, 0.15) is 31.7 Å². The van der Waals surface area contributed by atoms with Crippen LogP contribution in [0, 0.1) is 0 Å². The number of aliphatic carboxylic acids is 1. The van der Waals surface area contributed by atoms with Gasteiger partial charge in [0, 0.05) is 32.4 Å². The first kappa shape index (κ1) is 15.3. The van der Waals surface area contributed by atoms with E-state index >= 15 is 0 Å². The number of likely N-dealkylation sites (tertiary alicyclic amines) is 1. The van der Waals surface area contributed by atoms with E-state index in [1.807, 2.05) is 20.2 Å². The third-order valence-corrected chi connectivity index (χ3v) is 4.21. The molecule has 0 bridgehead atoms. The Bertz CT molecular complexity index is 542. The summed E-state index contributed by atoms with van der Waals surface area (Å²) in [6.07, 6.45) is 5.22. The molecular formula is C14H22N4O3. The fourth-order valence-electron chi connectivity index (χ4n) is 3.00. The molecule has 0 aromatic carbocycles. The molecule has 1 atom stereocenters. The van der Waals surface area contributed by atoms with Gasteiger partial charge in [0.15, 0.2) is 0 Å². The van der Waals surface area contributed by atoms with Gasteiger partial charge in [-0.05, 0) is 19.3 Å². The Hall–Kier alpha value is -2.05. The second kappa shape index (κ2) is 5.75. The van der Waals surface area contributed by atoms with E-state index in [4.69, 9.17) is 0 Å². The summed E-state index contributed by atoms with van der Waals surface area (Å²) in [5.41, 5.74) is -0.134. The second-order valence-electron chi connectivity index (χ2n) is 5.61. The van der Waals surface area contributed by atoms with Crippen molar-refractivity contribution in [3.63, 3.8) is 0 Å². The quantitative estimate of drug-likeness (QED) is 0.908. The van der Waals surface area contributed by atoms with Crippen LogP contribution >= 0.6 is 0 Å². The molecule has 0 aliphatic carbocycles. The summed E-state index contributed by atoms with van der Waals surface area (Å²) in [5, 5.41) is 13.6. The number of carboxylic acids is 1. The van der Waals surface area contributed by atoms with Crippen molar-refractivity contribution in [1.82, 2.24) is 19.6 Å². The predicted octanol–water partition coefficient (Wildman–Crippen LogP) is 1.30. The minimum Gasteiger partial charge on any atom is -0.479 e. The Morgan fingerprint density at radius 3 is 2.76 bits per heavy atom. The highest BCUT2D eigenvalue weighted by atomic mass is 16.4. The van der Waals surface area contributed by atoms with Crippen LogP contribution in [-0.4, -0.2) is 55.8 Å². The smallest absolute Gasteiger partial charge is 0.329 e. The van der Waals surface area contributed by atoms with Crippen molar-refractivity contribution in [3.05, 3.63) is 18.0 Å². The standard InChI is InChI=1S/C14H22N4O3/c1-4-14(12(19)20)6-5-7-18(14)13(21)16(2)9-11-8-15-17(3)10-11/h8,10H,4-7,9H2,1-3H3,(H,19,20). The molecule has 2 heterocycles. The van der Waals surface area contributed by atoms with Gasteiger partial charge in [0.2, 0.25) is 0 Å². The number of hydrogen-bond donors (Lipinski definition) is 1. The lowest BCUT2D eigenvalue weighted by Gasteiger charge is -2.36. The minimum absolute atomic E-state index is 0.236. The van der Waals surface area contributed by atoms with E-state index in [0.29, 0.717) is 25.9 Å². The Kier molecular flexibility index (Phi) is 4.20. The maximum atomic E-state index is 12.6. The van der Waals surface area contributed by atoms with E-state index in [2.05, 4.69) is 5.10 Å². The maximum absolute atomic E-state index is 12.6.